The minimum Gasteiger partial charge on any atom is -0.377 e. The molecule has 0 aromatic heterocycles. The van der Waals surface area contributed by atoms with Gasteiger partial charge in [0, 0.05) is 11.3 Å². The lowest BCUT2D eigenvalue weighted by atomic mass is 9.86. The van der Waals surface area contributed by atoms with Crippen LogP contribution in [0.15, 0.2) is 71.3 Å². The summed E-state index contributed by atoms with van der Waals surface area (Å²) in [6.45, 7) is 3.30. The third-order valence-corrected chi connectivity index (χ3v) is 5.80. The van der Waals surface area contributed by atoms with Gasteiger partial charge in [-0.1, -0.05) is 18.2 Å². The molecule has 1 atom stereocenters. The molecule has 0 spiro atoms. The standard InChI is InChI=1S/C18H18N2O3S/c1-13(21)14-8-10-16(11-9-14)20-24(22,23)17-7-3-5-15-6-4-12-19-18(15,17)2/h3-12,19-20H,1-2H3. The molecule has 1 aliphatic heterocycles. The van der Waals surface area contributed by atoms with Crippen LogP contribution in [0.2, 0.25) is 0 Å². The van der Waals surface area contributed by atoms with Crippen LogP contribution in [0.3, 0.4) is 0 Å². The number of carbonyl (C=O) groups is 1. The largest absolute Gasteiger partial charge is 0.377 e. The number of sulfonamides is 1. The van der Waals surface area contributed by atoms with Gasteiger partial charge >= 0.3 is 0 Å². The van der Waals surface area contributed by atoms with E-state index in [0.29, 0.717) is 11.3 Å². The number of rotatable bonds is 4. The van der Waals surface area contributed by atoms with E-state index in [4.69, 9.17) is 0 Å². The number of ketones is 1. The summed E-state index contributed by atoms with van der Waals surface area (Å²) in [6.07, 6.45) is 10.7. The van der Waals surface area contributed by atoms with Crippen molar-refractivity contribution in [2.75, 3.05) is 4.72 Å². The second-order valence-corrected chi connectivity index (χ2v) is 7.53. The van der Waals surface area contributed by atoms with E-state index in [1.54, 1.807) is 42.6 Å². The van der Waals surface area contributed by atoms with Gasteiger partial charge in [0.15, 0.2) is 5.78 Å². The van der Waals surface area contributed by atoms with Crippen molar-refractivity contribution in [3.63, 3.8) is 0 Å². The molecule has 0 fully saturated rings. The van der Waals surface area contributed by atoms with Crippen molar-refractivity contribution in [2.24, 2.45) is 0 Å². The minimum atomic E-state index is -3.76. The Morgan fingerprint density at radius 2 is 1.83 bits per heavy atom. The Hall–Kier alpha value is -2.60. The maximum absolute atomic E-state index is 12.9. The van der Waals surface area contributed by atoms with Gasteiger partial charge in [0.05, 0.1) is 10.4 Å². The molecule has 2 aliphatic rings. The summed E-state index contributed by atoms with van der Waals surface area (Å²) in [5.41, 5.74) is 1.01. The smallest absolute Gasteiger partial charge is 0.260 e. The van der Waals surface area contributed by atoms with Gasteiger partial charge in [-0.2, -0.15) is 0 Å². The number of hydrogen-bond acceptors (Lipinski definition) is 4. The van der Waals surface area contributed by atoms with Crippen LogP contribution in [-0.2, 0) is 10.0 Å². The molecule has 2 N–H and O–H groups in total. The molecule has 1 aliphatic carbocycles. The van der Waals surface area contributed by atoms with Crippen molar-refractivity contribution in [3.05, 3.63) is 76.9 Å². The Kier molecular flexibility index (Phi) is 3.93. The predicted octanol–water partition coefficient (Wildman–Crippen LogP) is 2.89. The van der Waals surface area contributed by atoms with Crippen molar-refractivity contribution in [1.29, 1.82) is 0 Å². The third kappa shape index (κ3) is 2.80. The zero-order valence-electron chi connectivity index (χ0n) is 13.4. The van der Waals surface area contributed by atoms with Crippen molar-refractivity contribution in [3.8, 4) is 0 Å². The molecular weight excluding hydrogens is 324 g/mol. The van der Waals surface area contributed by atoms with E-state index < -0.39 is 15.6 Å². The molecule has 5 nitrogen and oxygen atoms in total. The minimum absolute atomic E-state index is 0.0648. The number of hydrogen-bond donors (Lipinski definition) is 2. The molecule has 24 heavy (non-hydrogen) atoms. The SMILES string of the molecule is CC(=O)c1ccc(NS(=O)(=O)C2=CC=CC3=CC=CNC32C)cc1. The van der Waals surface area contributed by atoms with Crippen molar-refractivity contribution < 1.29 is 13.2 Å². The van der Waals surface area contributed by atoms with Gasteiger partial charge in [0.2, 0.25) is 0 Å². The lowest BCUT2D eigenvalue weighted by Gasteiger charge is -2.37. The number of allylic oxidation sites excluding steroid dienone is 4. The van der Waals surface area contributed by atoms with Crippen molar-refractivity contribution in [1.82, 2.24) is 5.32 Å². The molecular formula is C18H18N2O3S. The van der Waals surface area contributed by atoms with Crippen LogP contribution in [0.5, 0.6) is 0 Å². The second-order valence-electron chi connectivity index (χ2n) is 5.88. The normalized spacial score (nSPS) is 22.1. The fourth-order valence-electron chi connectivity index (χ4n) is 2.80. The fraction of sp³-hybridized carbons (Fsp3) is 0.167. The van der Waals surface area contributed by atoms with Crippen LogP contribution >= 0.6 is 0 Å². The zero-order valence-corrected chi connectivity index (χ0v) is 14.2. The van der Waals surface area contributed by atoms with Gasteiger partial charge in [0.1, 0.15) is 0 Å². The summed E-state index contributed by atoms with van der Waals surface area (Å²) in [5.74, 6) is -0.0648. The van der Waals surface area contributed by atoms with Gasteiger partial charge in [-0.15, -0.1) is 0 Å². The van der Waals surface area contributed by atoms with Crippen LogP contribution < -0.4 is 10.0 Å². The van der Waals surface area contributed by atoms with E-state index in [1.807, 2.05) is 25.2 Å². The zero-order chi connectivity index (χ0) is 17.4. The first-order chi connectivity index (χ1) is 11.3. The van der Waals surface area contributed by atoms with Crippen LogP contribution in [0.1, 0.15) is 24.2 Å². The summed E-state index contributed by atoms with van der Waals surface area (Å²) < 4.78 is 28.3. The Bertz CT molecular complexity index is 906. The van der Waals surface area contributed by atoms with E-state index >= 15 is 0 Å². The first-order valence-corrected chi connectivity index (χ1v) is 8.99. The van der Waals surface area contributed by atoms with Gasteiger partial charge in [-0.05, 0) is 62.0 Å². The predicted molar refractivity (Wildman–Crippen MR) is 95.0 cm³/mol. The first-order valence-electron chi connectivity index (χ1n) is 7.51. The topological polar surface area (TPSA) is 75.3 Å². The molecule has 0 radical (unpaired) electrons. The molecule has 1 aromatic carbocycles. The van der Waals surface area contributed by atoms with E-state index in [0.717, 1.165) is 5.57 Å². The van der Waals surface area contributed by atoms with E-state index in [1.165, 1.54) is 6.92 Å². The molecule has 3 rings (SSSR count). The third-order valence-electron chi connectivity index (χ3n) is 4.17. The van der Waals surface area contributed by atoms with E-state index in [2.05, 4.69) is 10.0 Å². The summed E-state index contributed by atoms with van der Waals surface area (Å²) in [4.78, 5) is 11.6. The number of dihydropyridines is 1. The van der Waals surface area contributed by atoms with Crippen molar-refractivity contribution >= 4 is 21.5 Å². The highest BCUT2D eigenvalue weighted by atomic mass is 32.2. The lowest BCUT2D eigenvalue weighted by molar-refractivity contribution is 0.101. The van der Waals surface area contributed by atoms with Crippen LogP contribution in [-0.4, -0.2) is 19.7 Å². The van der Waals surface area contributed by atoms with Gasteiger partial charge in [-0.25, -0.2) is 8.42 Å². The first kappa shape index (κ1) is 16.3. The quantitative estimate of drug-likeness (QED) is 0.825. The number of anilines is 1. The second kappa shape index (κ2) is 5.79. The highest BCUT2D eigenvalue weighted by Crippen LogP contribution is 2.35. The van der Waals surface area contributed by atoms with Gasteiger partial charge < -0.3 is 5.32 Å². The molecule has 1 unspecified atom stereocenters. The average Bonchev–Trinajstić information content (AvgIpc) is 2.53. The Labute approximate surface area is 141 Å². The molecule has 0 saturated carbocycles. The van der Waals surface area contributed by atoms with Crippen LogP contribution in [0, 0.1) is 0 Å². The summed E-state index contributed by atoms with van der Waals surface area (Å²) in [7, 11) is -3.76. The molecule has 1 aromatic rings. The van der Waals surface area contributed by atoms with Gasteiger partial charge in [-0.3, -0.25) is 9.52 Å². The summed E-state index contributed by atoms with van der Waals surface area (Å²) in [5, 5.41) is 3.13. The Morgan fingerprint density at radius 1 is 1.12 bits per heavy atom. The van der Waals surface area contributed by atoms with Crippen molar-refractivity contribution in [2.45, 2.75) is 19.4 Å². The highest BCUT2D eigenvalue weighted by molar-refractivity contribution is 7.96. The molecule has 1 heterocycles. The Balaban J connectivity index is 1.92. The molecule has 6 heteroatoms. The molecule has 0 bridgehead atoms. The molecule has 124 valence electrons. The number of fused-ring (bicyclic) bond motifs is 1. The van der Waals surface area contributed by atoms with Crippen LogP contribution in [0.25, 0.3) is 0 Å². The summed E-state index contributed by atoms with van der Waals surface area (Å²) >= 11 is 0. The maximum atomic E-state index is 12.9. The fourth-order valence-corrected chi connectivity index (χ4v) is 4.33. The van der Waals surface area contributed by atoms with E-state index in [-0.39, 0.29) is 10.7 Å². The maximum Gasteiger partial charge on any atom is 0.260 e. The highest BCUT2D eigenvalue weighted by Gasteiger charge is 2.40. The molecule has 0 amide bonds. The number of nitrogens with one attached hydrogen (secondary N) is 2. The van der Waals surface area contributed by atoms with E-state index in [9.17, 15) is 13.2 Å². The van der Waals surface area contributed by atoms with Gasteiger partial charge in [0.25, 0.3) is 10.0 Å². The summed E-state index contributed by atoms with van der Waals surface area (Å²) in [6, 6.07) is 6.37. The number of carbonyl (C=O) groups excluding carboxylic acids is 1. The lowest BCUT2D eigenvalue weighted by Crippen LogP contribution is -2.47. The number of Topliss-reactive ketones (excluding diaryl/α,β-unsaturated/α-hetero) is 1. The van der Waals surface area contributed by atoms with Crippen LogP contribution in [0.4, 0.5) is 5.69 Å². The Morgan fingerprint density at radius 3 is 2.50 bits per heavy atom. The number of benzene rings is 1. The molecule has 0 saturated heterocycles. The monoisotopic (exact) mass is 342 g/mol. The average molecular weight is 342 g/mol.